The highest BCUT2D eigenvalue weighted by molar-refractivity contribution is 8.15. The lowest BCUT2D eigenvalue weighted by atomic mass is 10.4. The Bertz CT molecular complexity index is 426. The maximum Gasteiger partial charge on any atom is 0.434 e. The van der Waals surface area contributed by atoms with Gasteiger partial charge in [0.25, 0.3) is 6.64 Å². The molecule has 0 unspecified atom stereocenters. The third kappa shape index (κ3) is 6.43. The van der Waals surface area contributed by atoms with Crippen molar-refractivity contribution in [2.45, 2.75) is 26.8 Å². The van der Waals surface area contributed by atoms with Gasteiger partial charge in [0.05, 0.1) is 19.1 Å². The summed E-state index contributed by atoms with van der Waals surface area (Å²) in [6, 6.07) is 0.133. The highest BCUT2D eigenvalue weighted by Crippen LogP contribution is 2.59. The molecule has 0 bridgehead atoms. The second-order valence-electron chi connectivity index (χ2n) is 4.17. The molecule has 1 rings (SSSR count). The number of rotatable bonds is 6. The Labute approximate surface area is 138 Å². The van der Waals surface area contributed by atoms with Crippen LogP contribution in [-0.4, -0.2) is 46.6 Å². The van der Waals surface area contributed by atoms with Gasteiger partial charge in [0.15, 0.2) is 0 Å². The molecule has 0 aromatic rings. The molecule has 1 amide bonds. The van der Waals surface area contributed by atoms with Gasteiger partial charge in [-0.2, -0.15) is 4.08 Å². The largest absolute Gasteiger partial charge is 0.434 e. The number of nitrogens with one attached hydrogen (secondary N) is 1. The zero-order chi connectivity index (χ0) is 15.9. The lowest BCUT2D eigenvalue weighted by molar-refractivity contribution is 0.153. The second kappa shape index (κ2) is 9.34. The molecule has 0 saturated carbocycles. The fourth-order valence-corrected chi connectivity index (χ4v) is 5.95. The Hall–Kier alpha value is 0.170. The molecular formula is C10H20N3O4PS3. The monoisotopic (exact) mass is 373 g/mol. The first-order valence-corrected chi connectivity index (χ1v) is 11.0. The molecular weight excluding hydrogens is 353 g/mol. The summed E-state index contributed by atoms with van der Waals surface area (Å²) < 4.78 is 13.0. The topological polar surface area (TPSA) is 72.4 Å². The quantitative estimate of drug-likeness (QED) is 0.145. The van der Waals surface area contributed by atoms with Crippen molar-refractivity contribution in [3.05, 3.63) is 0 Å². The molecule has 1 saturated heterocycles. The van der Waals surface area contributed by atoms with Crippen molar-refractivity contribution in [2.75, 3.05) is 25.3 Å². The Morgan fingerprint density at radius 2 is 2.14 bits per heavy atom. The van der Waals surface area contributed by atoms with Crippen LogP contribution in [0, 0.1) is 0 Å². The summed E-state index contributed by atoms with van der Waals surface area (Å²) in [5.74, 6) is 0.302. The number of carbonyl (C=O) groups excluding carboxylic acids is 1. The summed E-state index contributed by atoms with van der Waals surface area (Å²) in [5, 5.41) is 6.91. The Morgan fingerprint density at radius 3 is 2.67 bits per heavy atom. The van der Waals surface area contributed by atoms with Crippen LogP contribution >= 0.6 is 30.4 Å². The molecule has 1 fully saturated rings. The predicted molar refractivity (Wildman–Crippen MR) is 91.9 cm³/mol. The average molecular weight is 373 g/mol. The summed E-state index contributed by atoms with van der Waals surface area (Å²) >= 11 is 8.21. The van der Waals surface area contributed by atoms with Gasteiger partial charge in [0, 0.05) is 6.04 Å². The van der Waals surface area contributed by atoms with E-state index in [2.05, 4.69) is 10.5 Å². The average Bonchev–Trinajstić information content (AvgIpc) is 2.87. The molecule has 0 spiro atoms. The summed E-state index contributed by atoms with van der Waals surface area (Å²) in [7, 11) is 0. The minimum atomic E-state index is -2.43. The van der Waals surface area contributed by atoms with Gasteiger partial charge in [-0.3, -0.25) is 4.84 Å². The zero-order valence-electron chi connectivity index (χ0n) is 12.4. The molecule has 0 aromatic carbocycles. The van der Waals surface area contributed by atoms with Gasteiger partial charge < -0.3 is 14.4 Å². The van der Waals surface area contributed by atoms with Gasteiger partial charge in [-0.25, -0.2) is 4.79 Å². The van der Waals surface area contributed by atoms with Gasteiger partial charge in [0.1, 0.15) is 5.04 Å². The highest BCUT2D eigenvalue weighted by atomic mass is 32.5. The highest BCUT2D eigenvalue weighted by Gasteiger charge is 2.35. The van der Waals surface area contributed by atoms with Gasteiger partial charge in [-0.1, -0.05) is 5.16 Å². The Morgan fingerprint density at radius 1 is 1.52 bits per heavy atom. The van der Waals surface area contributed by atoms with Crippen LogP contribution in [0.4, 0.5) is 4.79 Å². The zero-order valence-corrected chi connectivity index (χ0v) is 15.7. The number of hydrogen-bond donors (Lipinski definition) is 1. The molecule has 1 N–H and O–H groups in total. The van der Waals surface area contributed by atoms with Crippen molar-refractivity contribution < 1.29 is 18.7 Å². The maximum absolute atomic E-state index is 11.5. The number of hydrogen-bond acceptors (Lipinski definition) is 8. The number of carbonyl (C=O) groups is 1. The van der Waals surface area contributed by atoms with Crippen LogP contribution in [0.5, 0.6) is 0 Å². The van der Waals surface area contributed by atoms with Gasteiger partial charge in [-0.05, 0) is 50.8 Å². The first-order chi connectivity index (χ1) is 9.89. The van der Waals surface area contributed by atoms with Crippen LogP contribution in [0.2, 0.25) is 0 Å². The minimum Gasteiger partial charge on any atom is -0.315 e. The molecule has 7 nitrogen and oxygen atoms in total. The molecule has 1 aliphatic heterocycles. The summed E-state index contributed by atoms with van der Waals surface area (Å²) in [4.78, 5) is 16.1. The van der Waals surface area contributed by atoms with Crippen molar-refractivity contribution >= 4 is 53.3 Å². The summed E-state index contributed by atoms with van der Waals surface area (Å²) in [6.07, 6.45) is 1.25. The smallest absolute Gasteiger partial charge is 0.315 e. The van der Waals surface area contributed by atoms with E-state index in [9.17, 15) is 4.79 Å². The lowest BCUT2D eigenvalue weighted by Crippen LogP contribution is -2.28. The molecule has 11 heteroatoms. The molecule has 1 aliphatic rings. The number of oxime groups is 1. The molecule has 122 valence electrons. The summed E-state index contributed by atoms with van der Waals surface area (Å²) in [5.41, 5.74) is 0. The first kappa shape index (κ1) is 19.2. The van der Waals surface area contributed by atoms with Gasteiger partial charge >= 0.3 is 6.09 Å². The molecule has 0 radical (unpaired) electrons. The normalized spacial score (nSPS) is 18.3. The minimum absolute atomic E-state index is 0.133. The molecule has 1 heterocycles. The first-order valence-electron chi connectivity index (χ1n) is 6.24. The van der Waals surface area contributed by atoms with Crippen molar-refractivity contribution in [2.24, 2.45) is 5.16 Å². The predicted octanol–water partition coefficient (Wildman–Crippen LogP) is 3.00. The van der Waals surface area contributed by atoms with E-state index in [0.717, 1.165) is 0 Å². The lowest BCUT2D eigenvalue weighted by Gasteiger charge is -2.31. The maximum atomic E-state index is 11.5. The van der Waals surface area contributed by atoms with E-state index in [0.29, 0.717) is 24.1 Å². The van der Waals surface area contributed by atoms with Crippen molar-refractivity contribution in [1.29, 1.82) is 0 Å². The van der Waals surface area contributed by atoms with E-state index >= 15 is 0 Å². The molecule has 0 aliphatic carbocycles. The van der Waals surface area contributed by atoms with Crippen LogP contribution in [0.15, 0.2) is 5.16 Å². The van der Waals surface area contributed by atoms with Crippen LogP contribution in [0.1, 0.15) is 20.8 Å². The van der Waals surface area contributed by atoms with E-state index < -0.39 is 12.7 Å². The van der Waals surface area contributed by atoms with Gasteiger partial charge in [0.2, 0.25) is 0 Å². The van der Waals surface area contributed by atoms with Crippen LogP contribution in [0.25, 0.3) is 0 Å². The van der Waals surface area contributed by atoms with Gasteiger partial charge in [-0.15, -0.1) is 11.8 Å². The second-order valence-corrected chi connectivity index (χ2v) is 9.65. The fraction of sp³-hybridized carbons (Fsp3) is 0.800. The SMILES string of the molecule is CS/C(C)=N/OC(=O)NCSN(C(C)C)P1(=S)OCCO1. The number of nitrogens with zero attached hydrogens (tertiary/aromatic N) is 2. The molecule has 21 heavy (non-hydrogen) atoms. The Balaban J connectivity index is 2.41. The van der Waals surface area contributed by atoms with E-state index in [-0.39, 0.29) is 6.04 Å². The van der Waals surface area contributed by atoms with E-state index in [1.165, 1.54) is 23.7 Å². The van der Waals surface area contributed by atoms with Crippen LogP contribution < -0.4 is 5.32 Å². The van der Waals surface area contributed by atoms with Crippen molar-refractivity contribution in [3.63, 3.8) is 0 Å². The van der Waals surface area contributed by atoms with Crippen LogP contribution in [0.3, 0.4) is 0 Å². The number of thioether (sulfide) groups is 1. The van der Waals surface area contributed by atoms with E-state index in [4.69, 9.17) is 25.7 Å². The molecule has 0 aromatic heterocycles. The van der Waals surface area contributed by atoms with Crippen molar-refractivity contribution in [1.82, 2.24) is 9.39 Å². The van der Waals surface area contributed by atoms with E-state index in [1.807, 2.05) is 24.2 Å². The van der Waals surface area contributed by atoms with Crippen LogP contribution in [-0.2, 0) is 25.7 Å². The van der Waals surface area contributed by atoms with E-state index in [1.54, 1.807) is 6.92 Å². The third-order valence-corrected chi connectivity index (χ3v) is 8.29. The van der Waals surface area contributed by atoms with Crippen molar-refractivity contribution in [3.8, 4) is 0 Å². The fourth-order valence-electron chi connectivity index (χ4n) is 1.29. The molecule has 0 atom stereocenters. The number of amides is 1. The standard InChI is InChI=1S/C10H20N3O4PS3/c1-8(2)13(18(19)15-5-6-16-18)21-7-11-10(14)17-12-9(3)20-4/h8H,5-7H2,1-4H3,(H,11,14)/b12-9+. The Kier molecular flexibility index (Phi) is 8.55. The summed E-state index contributed by atoms with van der Waals surface area (Å²) in [6.45, 7) is 4.35. The third-order valence-electron chi connectivity index (χ3n) is 2.24.